The number of anilines is 2. The molecule has 0 fully saturated rings. The Labute approximate surface area is 193 Å². The molecule has 3 aromatic rings. The monoisotopic (exact) mass is 471 g/mol. The van der Waals surface area contributed by atoms with Crippen molar-refractivity contribution < 1.29 is 14.5 Å². The van der Waals surface area contributed by atoms with Gasteiger partial charge in [0.1, 0.15) is 5.82 Å². The molecule has 0 aliphatic carbocycles. The molecule has 0 radical (unpaired) electrons. The minimum absolute atomic E-state index is 0.0295. The molecule has 0 aliphatic heterocycles. The van der Waals surface area contributed by atoms with Gasteiger partial charge in [-0.05, 0) is 18.6 Å². The number of nitrogens with zero attached hydrogens (tertiary/aromatic N) is 5. The lowest BCUT2D eigenvalue weighted by Crippen LogP contribution is -2.42. The molecule has 0 saturated carbocycles. The summed E-state index contributed by atoms with van der Waals surface area (Å²) in [5.41, 5.74) is 4.74. The van der Waals surface area contributed by atoms with Crippen molar-refractivity contribution in [2.45, 2.75) is 26.3 Å². The number of hydrogen-bond acceptors (Lipinski definition) is 8. The van der Waals surface area contributed by atoms with Gasteiger partial charge in [0.2, 0.25) is 0 Å². The van der Waals surface area contributed by atoms with Gasteiger partial charge < -0.3 is 10.5 Å². The van der Waals surface area contributed by atoms with Crippen LogP contribution in [0.15, 0.2) is 46.1 Å². The second kappa shape index (κ2) is 10.6. The van der Waals surface area contributed by atoms with E-state index in [0.29, 0.717) is 12.1 Å². The Kier molecular flexibility index (Phi) is 7.58. The van der Waals surface area contributed by atoms with Gasteiger partial charge in [0, 0.05) is 38.5 Å². The van der Waals surface area contributed by atoms with Gasteiger partial charge in [-0.1, -0.05) is 19.4 Å². The van der Waals surface area contributed by atoms with Gasteiger partial charge in [-0.2, -0.15) is 5.10 Å². The Morgan fingerprint density at radius 1 is 1.32 bits per heavy atom. The molecule has 0 spiro atoms. The average Bonchev–Trinajstić information content (AvgIpc) is 3.31. The van der Waals surface area contributed by atoms with Gasteiger partial charge in [-0.15, -0.1) is 0 Å². The third-order valence-corrected chi connectivity index (χ3v) is 5.10. The van der Waals surface area contributed by atoms with E-state index < -0.39 is 22.1 Å². The summed E-state index contributed by atoms with van der Waals surface area (Å²) >= 11 is 0. The van der Waals surface area contributed by atoms with Crippen molar-refractivity contribution in [1.82, 2.24) is 19.3 Å². The van der Waals surface area contributed by atoms with Crippen LogP contribution in [0.4, 0.5) is 17.2 Å². The lowest BCUT2D eigenvalue weighted by atomic mass is 10.3. The summed E-state index contributed by atoms with van der Waals surface area (Å²) in [5.74, 6) is -0.788. The van der Waals surface area contributed by atoms with Gasteiger partial charge in [0.15, 0.2) is 11.4 Å². The van der Waals surface area contributed by atoms with Crippen LogP contribution >= 0.6 is 0 Å². The minimum Gasteiger partial charge on any atom is -0.383 e. The van der Waals surface area contributed by atoms with E-state index in [0.717, 1.165) is 11.3 Å². The molecule has 0 bridgehead atoms. The quantitative estimate of drug-likeness (QED) is 0.329. The largest absolute Gasteiger partial charge is 0.383 e. The maximum absolute atomic E-state index is 13.4. The Balaban J connectivity index is 2.03. The molecular formula is C21H25N7O6. The number of nitro benzene ring substituents is 1. The zero-order valence-corrected chi connectivity index (χ0v) is 18.8. The summed E-state index contributed by atoms with van der Waals surface area (Å²) in [4.78, 5) is 52.2. The first kappa shape index (κ1) is 24.4. The molecule has 1 amide bonds. The van der Waals surface area contributed by atoms with Gasteiger partial charge in [0.25, 0.3) is 17.2 Å². The Hall–Kier alpha value is -4.26. The number of H-pyrrole nitrogens is 1. The maximum Gasteiger partial charge on any atom is 0.330 e. The number of ether oxygens (including phenoxy) is 1. The second-order valence-electron chi connectivity index (χ2n) is 7.37. The molecule has 2 heterocycles. The number of nitrogens with two attached hydrogens (primary N) is 1. The summed E-state index contributed by atoms with van der Waals surface area (Å²) in [6, 6.07) is 7.17. The van der Waals surface area contributed by atoms with E-state index in [2.05, 4.69) is 10.1 Å². The fraction of sp³-hybridized carbons (Fsp3) is 0.333. The highest BCUT2D eigenvalue weighted by molar-refractivity contribution is 6.06. The number of unbranched alkanes of at least 4 members (excludes halogenated alkanes) is 1. The Morgan fingerprint density at radius 3 is 2.76 bits per heavy atom. The molecule has 0 aliphatic rings. The number of nitrogen functional groups attached to an aromatic ring is 1. The standard InChI is InChI=1S/C21H25N7O6/c1-3-4-9-26-18(22)17(19(29)23-21(26)31)25(11-12-34-2)20(30)16-8-10-27(24-16)14-6-5-7-15(13-14)28(32)33/h5-8,10,13H,3-4,9,11-12,22H2,1-2H3,(H,23,29,31). The van der Waals surface area contributed by atoms with E-state index in [1.165, 1.54) is 46.8 Å². The molecule has 3 rings (SSSR count). The number of methoxy groups -OCH3 is 1. The first-order valence-corrected chi connectivity index (χ1v) is 10.5. The highest BCUT2D eigenvalue weighted by Gasteiger charge is 2.26. The van der Waals surface area contributed by atoms with Gasteiger partial charge >= 0.3 is 5.69 Å². The highest BCUT2D eigenvalue weighted by Crippen LogP contribution is 2.21. The van der Waals surface area contributed by atoms with Crippen LogP contribution in [0.25, 0.3) is 5.69 Å². The Bertz CT molecular complexity index is 1310. The molecule has 2 aromatic heterocycles. The number of aromatic nitrogens is 4. The van der Waals surface area contributed by atoms with E-state index in [4.69, 9.17) is 10.5 Å². The number of benzene rings is 1. The molecule has 0 atom stereocenters. The summed E-state index contributed by atoms with van der Waals surface area (Å²) in [5, 5.41) is 15.3. The van der Waals surface area contributed by atoms with Crippen molar-refractivity contribution in [3.05, 3.63) is 73.2 Å². The highest BCUT2D eigenvalue weighted by atomic mass is 16.6. The number of rotatable bonds is 10. The molecule has 0 unspecified atom stereocenters. The number of aromatic amines is 1. The molecule has 13 heteroatoms. The first-order valence-electron chi connectivity index (χ1n) is 10.5. The summed E-state index contributed by atoms with van der Waals surface area (Å²) < 4.78 is 7.61. The van der Waals surface area contributed by atoms with Gasteiger partial charge in [-0.3, -0.25) is 34.2 Å². The van der Waals surface area contributed by atoms with Gasteiger partial charge in [-0.25, -0.2) is 9.48 Å². The van der Waals surface area contributed by atoms with E-state index in [1.54, 1.807) is 6.07 Å². The Morgan fingerprint density at radius 2 is 2.09 bits per heavy atom. The number of nitrogens with one attached hydrogen (secondary N) is 1. The minimum atomic E-state index is -0.808. The van der Waals surface area contributed by atoms with E-state index in [-0.39, 0.29) is 42.6 Å². The number of non-ortho nitro benzene ring substituents is 1. The van der Waals surface area contributed by atoms with Crippen LogP contribution in [-0.2, 0) is 11.3 Å². The third-order valence-electron chi connectivity index (χ3n) is 5.10. The van der Waals surface area contributed by atoms with Crippen LogP contribution in [-0.4, -0.2) is 50.4 Å². The smallest absolute Gasteiger partial charge is 0.330 e. The summed E-state index contributed by atoms with van der Waals surface area (Å²) in [6.45, 7) is 2.28. The number of carbonyl (C=O) groups excluding carboxylic acids is 1. The van der Waals surface area contributed by atoms with Crippen molar-refractivity contribution in [1.29, 1.82) is 0 Å². The number of hydrogen-bond donors (Lipinski definition) is 2. The molecule has 180 valence electrons. The zero-order chi connectivity index (χ0) is 24.8. The summed E-state index contributed by atoms with van der Waals surface area (Å²) in [7, 11) is 1.44. The van der Waals surface area contributed by atoms with E-state index >= 15 is 0 Å². The number of amides is 1. The van der Waals surface area contributed by atoms with Crippen molar-refractivity contribution in [2.24, 2.45) is 0 Å². The fourth-order valence-electron chi connectivity index (χ4n) is 3.34. The normalized spacial score (nSPS) is 10.9. The molecule has 1 aromatic carbocycles. The molecular weight excluding hydrogens is 446 g/mol. The topological polar surface area (TPSA) is 171 Å². The van der Waals surface area contributed by atoms with Crippen LogP contribution in [0, 0.1) is 10.1 Å². The van der Waals surface area contributed by atoms with Crippen molar-refractivity contribution in [3.8, 4) is 5.69 Å². The summed E-state index contributed by atoms with van der Waals surface area (Å²) in [6.07, 6.45) is 2.91. The van der Waals surface area contributed by atoms with Crippen LogP contribution in [0.5, 0.6) is 0 Å². The second-order valence-corrected chi connectivity index (χ2v) is 7.37. The molecule has 3 N–H and O–H groups in total. The third kappa shape index (κ3) is 5.04. The molecule has 34 heavy (non-hydrogen) atoms. The van der Waals surface area contributed by atoms with Gasteiger partial charge in [0.05, 0.1) is 17.2 Å². The van der Waals surface area contributed by atoms with Crippen molar-refractivity contribution >= 4 is 23.1 Å². The fourth-order valence-corrected chi connectivity index (χ4v) is 3.34. The van der Waals surface area contributed by atoms with Crippen molar-refractivity contribution in [3.63, 3.8) is 0 Å². The van der Waals surface area contributed by atoms with E-state index in [1.807, 2.05) is 6.92 Å². The predicted molar refractivity (Wildman–Crippen MR) is 124 cm³/mol. The first-order chi connectivity index (χ1) is 16.3. The van der Waals surface area contributed by atoms with Crippen LogP contribution < -0.4 is 21.9 Å². The zero-order valence-electron chi connectivity index (χ0n) is 18.8. The predicted octanol–water partition coefficient (Wildman–Crippen LogP) is 1.31. The number of carbonyl (C=O) groups is 1. The number of nitro groups is 1. The molecule has 0 saturated heterocycles. The average molecular weight is 471 g/mol. The molecule has 13 nitrogen and oxygen atoms in total. The van der Waals surface area contributed by atoms with Crippen molar-refractivity contribution in [2.75, 3.05) is 30.9 Å². The SMILES string of the molecule is CCCCn1c(N)c(N(CCOC)C(=O)c2ccn(-c3cccc([N+](=O)[O-])c3)n2)c(=O)[nH]c1=O. The van der Waals surface area contributed by atoms with Crippen LogP contribution in [0.1, 0.15) is 30.3 Å². The maximum atomic E-state index is 13.4. The lowest BCUT2D eigenvalue weighted by molar-refractivity contribution is -0.384. The van der Waals surface area contributed by atoms with Crippen LogP contribution in [0.3, 0.4) is 0 Å². The van der Waals surface area contributed by atoms with Crippen LogP contribution in [0.2, 0.25) is 0 Å². The van der Waals surface area contributed by atoms with E-state index in [9.17, 15) is 24.5 Å². The lowest BCUT2D eigenvalue weighted by Gasteiger charge is -2.23.